The molecule has 3 aliphatic carbocycles. The molecule has 12 heteroatoms. The SMILES string of the molecule is CC(=O)O[C@H]1C[C@H]2OC[C@@]2(C)[C@H]2[C@H](C)[C@]3(O)C[C@H](OC(=O)[C@H](O)[C@@H](BCNO)c4ccccc4)C(C)=C([C@@H](O)C(=O)[C@]12C)C3(C)C. The molecule has 0 amide bonds. The molecule has 46 heavy (non-hydrogen) atoms. The maximum atomic E-state index is 14.7. The number of hydrogen-bond donors (Lipinski definition) is 5. The summed E-state index contributed by atoms with van der Waals surface area (Å²) in [4.78, 5) is 40.6. The largest absolute Gasteiger partial charge is 0.461 e. The van der Waals surface area contributed by atoms with E-state index < -0.39 is 81.6 Å². The molecule has 0 radical (unpaired) electrons. The summed E-state index contributed by atoms with van der Waals surface area (Å²) in [6.45, 7) is 12.5. The zero-order valence-corrected chi connectivity index (χ0v) is 27.8. The predicted molar refractivity (Wildman–Crippen MR) is 168 cm³/mol. The molecule has 1 aromatic rings. The molecule has 5 N–H and O–H groups in total. The number of benzene rings is 1. The summed E-state index contributed by atoms with van der Waals surface area (Å²) in [5, 5.41) is 45.4. The van der Waals surface area contributed by atoms with Crippen LogP contribution >= 0.6 is 0 Å². The molecule has 5 rings (SSSR count). The van der Waals surface area contributed by atoms with Crippen LogP contribution in [0.1, 0.15) is 72.7 Å². The molecular weight excluding hydrogens is 593 g/mol. The van der Waals surface area contributed by atoms with Crippen LogP contribution in [0.25, 0.3) is 0 Å². The van der Waals surface area contributed by atoms with Crippen molar-refractivity contribution in [2.75, 3.05) is 13.1 Å². The van der Waals surface area contributed by atoms with E-state index >= 15 is 0 Å². The lowest BCUT2D eigenvalue weighted by molar-refractivity contribution is -0.303. The van der Waals surface area contributed by atoms with Crippen molar-refractivity contribution in [2.24, 2.45) is 28.1 Å². The smallest absolute Gasteiger partial charge is 0.335 e. The van der Waals surface area contributed by atoms with Crippen LogP contribution in [0.15, 0.2) is 41.5 Å². The first kappa shape index (κ1) is 34.7. The Balaban J connectivity index is 1.58. The van der Waals surface area contributed by atoms with E-state index in [-0.39, 0.29) is 31.8 Å². The van der Waals surface area contributed by atoms with Gasteiger partial charge in [0.05, 0.1) is 23.7 Å². The summed E-state index contributed by atoms with van der Waals surface area (Å²) in [5.41, 5.74) is -1.20. The molecule has 3 fully saturated rings. The molecule has 0 spiro atoms. The fourth-order valence-electron chi connectivity index (χ4n) is 9.72. The van der Waals surface area contributed by atoms with E-state index in [9.17, 15) is 34.9 Å². The molecule has 0 unspecified atom stereocenters. The Bertz CT molecular complexity index is 1400. The number of carbonyl (C=O) groups is 3. The molecule has 1 aliphatic heterocycles. The van der Waals surface area contributed by atoms with Crippen molar-refractivity contribution in [2.45, 2.75) is 103 Å². The molecule has 4 aliphatic rings. The minimum atomic E-state index is -1.68. The van der Waals surface area contributed by atoms with Gasteiger partial charge in [0.2, 0.25) is 0 Å². The van der Waals surface area contributed by atoms with Crippen LogP contribution < -0.4 is 5.48 Å². The van der Waals surface area contributed by atoms with E-state index in [1.54, 1.807) is 52.0 Å². The van der Waals surface area contributed by atoms with Gasteiger partial charge >= 0.3 is 11.9 Å². The number of Topliss-reactive ketones (excluding diaryl/α,β-unsaturated/α-hetero) is 1. The van der Waals surface area contributed by atoms with Crippen molar-refractivity contribution in [3.8, 4) is 0 Å². The molecule has 0 aromatic heterocycles. The Kier molecular flexibility index (Phi) is 9.15. The average Bonchev–Trinajstić information content (AvgIpc) is 2.99. The van der Waals surface area contributed by atoms with Crippen molar-refractivity contribution in [1.29, 1.82) is 0 Å². The highest BCUT2D eigenvalue weighted by Gasteiger charge is 2.73. The lowest BCUT2D eigenvalue weighted by Crippen LogP contribution is -2.75. The first-order valence-corrected chi connectivity index (χ1v) is 16.2. The molecule has 1 heterocycles. The number of ether oxygens (including phenoxy) is 3. The van der Waals surface area contributed by atoms with Gasteiger partial charge in [-0.2, -0.15) is 0 Å². The van der Waals surface area contributed by atoms with Crippen LogP contribution in [0.4, 0.5) is 0 Å². The minimum Gasteiger partial charge on any atom is -0.461 e. The van der Waals surface area contributed by atoms with E-state index in [0.717, 1.165) is 0 Å². The van der Waals surface area contributed by atoms with Gasteiger partial charge in [0.15, 0.2) is 19.2 Å². The Morgan fingerprint density at radius 1 is 1.15 bits per heavy atom. The number of rotatable bonds is 8. The van der Waals surface area contributed by atoms with Gasteiger partial charge in [-0.1, -0.05) is 58.0 Å². The first-order valence-electron chi connectivity index (χ1n) is 16.2. The summed E-state index contributed by atoms with van der Waals surface area (Å²) in [6.07, 6.45) is -5.15. The second kappa shape index (κ2) is 12.1. The van der Waals surface area contributed by atoms with Crippen LogP contribution in [0, 0.1) is 28.1 Å². The van der Waals surface area contributed by atoms with Crippen molar-refractivity contribution in [3.63, 3.8) is 0 Å². The van der Waals surface area contributed by atoms with Crippen LogP contribution in [0.2, 0.25) is 0 Å². The van der Waals surface area contributed by atoms with Gasteiger partial charge in [-0.05, 0) is 54.7 Å². The number of hydrogen-bond acceptors (Lipinski definition) is 11. The maximum absolute atomic E-state index is 14.7. The van der Waals surface area contributed by atoms with E-state index in [0.29, 0.717) is 24.2 Å². The fourth-order valence-corrected chi connectivity index (χ4v) is 9.72. The lowest BCUT2D eigenvalue weighted by Gasteiger charge is -2.68. The van der Waals surface area contributed by atoms with Gasteiger partial charge in [0.25, 0.3) is 0 Å². The van der Waals surface area contributed by atoms with Gasteiger partial charge in [-0.15, -0.1) is 0 Å². The number of carbonyl (C=O) groups excluding carboxylic acids is 3. The number of aliphatic hydroxyl groups is 3. The number of fused-ring (bicyclic) bond motifs is 5. The zero-order chi connectivity index (χ0) is 34.0. The summed E-state index contributed by atoms with van der Waals surface area (Å²) in [6, 6.07) is 8.95. The molecule has 11 atom stereocenters. The van der Waals surface area contributed by atoms with E-state index in [4.69, 9.17) is 14.2 Å². The summed E-state index contributed by atoms with van der Waals surface area (Å²) in [7, 11) is 0.230. The Hall–Kier alpha value is -2.61. The third-order valence-electron chi connectivity index (χ3n) is 12.2. The Morgan fingerprint density at radius 3 is 2.37 bits per heavy atom. The van der Waals surface area contributed by atoms with Gasteiger partial charge in [-0.25, -0.2) is 10.3 Å². The predicted octanol–water partition coefficient (Wildman–Crippen LogP) is 1.79. The standard InChI is InChI=1S/C34H48BNO10/c1-17-21(46-30(41)27(39)25(35-16-36-43)20-11-9-8-10-12-20)14-34(42)18(2)28-32(6)15-44-22(32)13-23(45-19(3)37)33(28,7)29(40)26(38)24(17)31(34,4)5/h8-12,18,21-23,25-28,35-36,38-39,42-43H,13-16H2,1-7H3/t18-,21-,22+,23-,25-,26+,27+,28+,32+,33+,34+/m0/s1. The highest BCUT2D eigenvalue weighted by molar-refractivity contribution is 6.39. The third kappa shape index (κ3) is 5.07. The normalized spacial score (nSPS) is 39.4. The molecule has 252 valence electrons. The summed E-state index contributed by atoms with van der Waals surface area (Å²) in [5.74, 6) is -3.86. The van der Waals surface area contributed by atoms with Crippen LogP contribution in [0.3, 0.4) is 0 Å². The second-order valence-electron chi connectivity index (χ2n) is 14.9. The first-order chi connectivity index (χ1) is 21.5. The maximum Gasteiger partial charge on any atom is 0.335 e. The van der Waals surface area contributed by atoms with Gasteiger partial charge in [0, 0.05) is 30.6 Å². The molecule has 2 bridgehead atoms. The molecule has 2 saturated carbocycles. The van der Waals surface area contributed by atoms with Gasteiger partial charge in [0.1, 0.15) is 18.3 Å². The minimum absolute atomic E-state index is 0.0452. The molecule has 11 nitrogen and oxygen atoms in total. The number of esters is 2. The van der Waals surface area contributed by atoms with Crippen molar-refractivity contribution >= 4 is 25.0 Å². The topological polar surface area (TPSA) is 172 Å². The molecular formula is C34H48BNO10. The van der Waals surface area contributed by atoms with E-state index in [1.807, 2.05) is 19.9 Å². The lowest BCUT2D eigenvalue weighted by atomic mass is 9.40. The van der Waals surface area contributed by atoms with Crippen molar-refractivity contribution < 1.29 is 49.1 Å². The molecule has 1 saturated heterocycles. The van der Waals surface area contributed by atoms with E-state index in [2.05, 4.69) is 5.48 Å². The highest BCUT2D eigenvalue weighted by Crippen LogP contribution is 2.67. The van der Waals surface area contributed by atoms with Crippen LogP contribution in [-0.2, 0) is 28.6 Å². The number of aliphatic hydroxyl groups excluding tert-OH is 2. The monoisotopic (exact) mass is 641 g/mol. The number of nitrogens with one attached hydrogen (secondary N) is 1. The second-order valence-corrected chi connectivity index (χ2v) is 14.9. The third-order valence-corrected chi connectivity index (χ3v) is 12.2. The summed E-state index contributed by atoms with van der Waals surface area (Å²) >= 11 is 0. The van der Waals surface area contributed by atoms with Crippen molar-refractivity contribution in [3.05, 3.63) is 47.0 Å². The molecule has 1 aromatic carbocycles. The van der Waals surface area contributed by atoms with Gasteiger partial charge in [-0.3, -0.25) is 9.59 Å². The Morgan fingerprint density at radius 2 is 1.80 bits per heavy atom. The Labute approximate surface area is 270 Å². The zero-order valence-electron chi connectivity index (χ0n) is 27.8. The van der Waals surface area contributed by atoms with Gasteiger partial charge < -0.3 is 34.7 Å². The van der Waals surface area contributed by atoms with Crippen LogP contribution in [-0.4, -0.2) is 94.7 Å². The number of ketones is 1. The summed E-state index contributed by atoms with van der Waals surface area (Å²) < 4.78 is 17.7. The highest BCUT2D eigenvalue weighted by atomic mass is 16.6. The fraction of sp³-hybridized carbons (Fsp3) is 0.676. The van der Waals surface area contributed by atoms with Crippen molar-refractivity contribution in [1.82, 2.24) is 5.48 Å². The van der Waals surface area contributed by atoms with E-state index in [1.165, 1.54) is 6.92 Å². The average molecular weight is 642 g/mol. The van der Waals surface area contributed by atoms with Crippen LogP contribution in [0.5, 0.6) is 0 Å². The number of hydroxylamine groups is 1. The quantitative estimate of drug-likeness (QED) is 0.121.